The van der Waals surface area contributed by atoms with E-state index in [9.17, 15) is 4.79 Å². The van der Waals surface area contributed by atoms with Gasteiger partial charge < -0.3 is 9.64 Å². The number of likely N-dealkylation sites (tertiary alicyclic amines) is 1. The maximum atomic E-state index is 11.9. The van der Waals surface area contributed by atoms with Crippen LogP contribution in [0.3, 0.4) is 0 Å². The Kier molecular flexibility index (Phi) is 5.16. The van der Waals surface area contributed by atoms with E-state index in [1.54, 1.807) is 16.7 Å². The monoisotopic (exact) mass is 272 g/mol. The van der Waals surface area contributed by atoms with Crippen LogP contribution in [0.4, 0.5) is 4.79 Å². The highest BCUT2D eigenvalue weighted by molar-refractivity contribution is 7.98. The molecule has 1 saturated heterocycles. The van der Waals surface area contributed by atoms with Gasteiger partial charge in [0.15, 0.2) is 0 Å². The number of carbonyl (C=O) groups is 1. The SMILES string of the molecule is CSCC1CN(C(=O)OC(C)(C)C)CC1N=[N+]=[N-]. The van der Waals surface area contributed by atoms with Crippen molar-refractivity contribution in [1.29, 1.82) is 0 Å². The fourth-order valence-corrected chi connectivity index (χ4v) is 2.66. The minimum absolute atomic E-state index is 0.144. The summed E-state index contributed by atoms with van der Waals surface area (Å²) in [6.45, 7) is 6.56. The van der Waals surface area contributed by atoms with E-state index in [1.165, 1.54) is 0 Å². The maximum absolute atomic E-state index is 11.9. The van der Waals surface area contributed by atoms with Gasteiger partial charge in [0.1, 0.15) is 5.60 Å². The van der Waals surface area contributed by atoms with Crippen LogP contribution in [0.15, 0.2) is 5.11 Å². The molecule has 0 bridgehead atoms. The second kappa shape index (κ2) is 6.20. The first-order chi connectivity index (χ1) is 8.37. The summed E-state index contributed by atoms with van der Waals surface area (Å²) in [5.74, 6) is 1.09. The van der Waals surface area contributed by atoms with Crippen LogP contribution in [0.25, 0.3) is 10.4 Å². The summed E-state index contributed by atoms with van der Waals surface area (Å²) < 4.78 is 5.32. The van der Waals surface area contributed by atoms with Gasteiger partial charge in [0, 0.05) is 18.0 Å². The van der Waals surface area contributed by atoms with E-state index in [0.717, 1.165) is 5.75 Å². The van der Waals surface area contributed by atoms with Crippen molar-refractivity contribution < 1.29 is 9.53 Å². The van der Waals surface area contributed by atoms with Crippen molar-refractivity contribution in [3.05, 3.63) is 10.4 Å². The van der Waals surface area contributed by atoms with Crippen LogP contribution in [-0.4, -0.2) is 47.7 Å². The van der Waals surface area contributed by atoms with Crippen molar-refractivity contribution in [1.82, 2.24) is 4.90 Å². The van der Waals surface area contributed by atoms with E-state index in [0.29, 0.717) is 13.1 Å². The third kappa shape index (κ3) is 4.31. The zero-order valence-electron chi connectivity index (χ0n) is 11.3. The molecule has 102 valence electrons. The Morgan fingerprint density at radius 2 is 2.22 bits per heavy atom. The van der Waals surface area contributed by atoms with Gasteiger partial charge in [-0.2, -0.15) is 11.8 Å². The lowest BCUT2D eigenvalue weighted by atomic mass is 10.1. The number of azide groups is 1. The molecule has 1 rings (SSSR count). The van der Waals surface area contributed by atoms with Gasteiger partial charge in [0.2, 0.25) is 0 Å². The number of rotatable bonds is 3. The molecule has 1 aliphatic rings. The minimum Gasteiger partial charge on any atom is -0.444 e. The van der Waals surface area contributed by atoms with E-state index in [-0.39, 0.29) is 18.1 Å². The molecular formula is C11H20N4O2S. The van der Waals surface area contributed by atoms with Gasteiger partial charge in [-0.1, -0.05) is 5.11 Å². The fraction of sp³-hybridized carbons (Fsp3) is 0.909. The number of amides is 1. The molecular weight excluding hydrogens is 252 g/mol. The minimum atomic E-state index is -0.497. The number of nitrogens with zero attached hydrogens (tertiary/aromatic N) is 4. The molecule has 0 N–H and O–H groups in total. The maximum Gasteiger partial charge on any atom is 0.410 e. The molecule has 6 nitrogen and oxygen atoms in total. The second-order valence-corrected chi connectivity index (χ2v) is 6.28. The highest BCUT2D eigenvalue weighted by atomic mass is 32.2. The van der Waals surface area contributed by atoms with E-state index in [4.69, 9.17) is 10.3 Å². The quantitative estimate of drug-likeness (QED) is 0.450. The first-order valence-corrected chi connectivity index (χ1v) is 7.28. The predicted octanol–water partition coefficient (Wildman–Crippen LogP) is 2.90. The highest BCUT2D eigenvalue weighted by Crippen LogP contribution is 2.25. The molecule has 0 aliphatic carbocycles. The van der Waals surface area contributed by atoms with Crippen LogP contribution >= 0.6 is 11.8 Å². The second-order valence-electron chi connectivity index (χ2n) is 5.37. The van der Waals surface area contributed by atoms with Gasteiger partial charge >= 0.3 is 6.09 Å². The Labute approximate surface area is 112 Å². The summed E-state index contributed by atoms with van der Waals surface area (Å²) in [6, 6.07) is -0.144. The van der Waals surface area contributed by atoms with Crippen molar-refractivity contribution in [3.63, 3.8) is 0 Å². The zero-order valence-corrected chi connectivity index (χ0v) is 12.1. The first kappa shape index (κ1) is 15.0. The van der Waals surface area contributed by atoms with Crippen molar-refractivity contribution in [2.45, 2.75) is 32.4 Å². The Morgan fingerprint density at radius 3 is 2.72 bits per heavy atom. The van der Waals surface area contributed by atoms with Gasteiger partial charge in [0.05, 0.1) is 6.04 Å². The molecule has 1 fully saturated rings. The van der Waals surface area contributed by atoms with Gasteiger partial charge in [-0.25, -0.2) is 4.79 Å². The van der Waals surface area contributed by atoms with E-state index in [1.807, 2.05) is 27.0 Å². The Hall–Kier alpha value is -1.07. The molecule has 0 saturated carbocycles. The average molecular weight is 272 g/mol. The average Bonchev–Trinajstić information content (AvgIpc) is 2.61. The summed E-state index contributed by atoms with van der Waals surface area (Å²) in [6.07, 6.45) is 1.67. The Bertz CT molecular complexity index is 349. The highest BCUT2D eigenvalue weighted by Gasteiger charge is 2.36. The molecule has 0 aromatic rings. The van der Waals surface area contributed by atoms with Crippen LogP contribution in [0, 0.1) is 5.92 Å². The summed E-state index contributed by atoms with van der Waals surface area (Å²) in [4.78, 5) is 16.4. The lowest BCUT2D eigenvalue weighted by molar-refractivity contribution is 0.0288. The molecule has 7 heteroatoms. The van der Waals surface area contributed by atoms with Gasteiger partial charge in [-0.15, -0.1) is 0 Å². The van der Waals surface area contributed by atoms with Gasteiger partial charge in [-0.3, -0.25) is 0 Å². The van der Waals surface area contributed by atoms with Crippen molar-refractivity contribution >= 4 is 17.9 Å². The largest absolute Gasteiger partial charge is 0.444 e. The van der Waals surface area contributed by atoms with E-state index in [2.05, 4.69) is 10.0 Å². The molecule has 1 aliphatic heterocycles. The normalized spacial score (nSPS) is 23.7. The van der Waals surface area contributed by atoms with Crippen LogP contribution in [0.2, 0.25) is 0 Å². The summed E-state index contributed by atoms with van der Waals surface area (Å²) in [5, 5.41) is 3.77. The van der Waals surface area contributed by atoms with Crippen molar-refractivity contribution in [2.75, 3.05) is 25.1 Å². The standard InChI is InChI=1S/C11H20N4O2S/c1-11(2,3)17-10(16)15-5-8(7-18-4)9(6-15)13-14-12/h8-9H,5-7H2,1-4H3. The predicted molar refractivity (Wildman–Crippen MR) is 72.6 cm³/mol. The lowest BCUT2D eigenvalue weighted by Crippen LogP contribution is -2.35. The summed E-state index contributed by atoms with van der Waals surface area (Å²) in [7, 11) is 0. The molecule has 0 aromatic heterocycles. The molecule has 1 amide bonds. The van der Waals surface area contributed by atoms with Crippen LogP contribution in [0.5, 0.6) is 0 Å². The molecule has 18 heavy (non-hydrogen) atoms. The Morgan fingerprint density at radius 1 is 1.56 bits per heavy atom. The third-order valence-corrected chi connectivity index (χ3v) is 3.40. The molecule has 2 unspecified atom stereocenters. The molecule has 2 atom stereocenters. The lowest BCUT2D eigenvalue weighted by Gasteiger charge is -2.24. The van der Waals surface area contributed by atoms with Crippen LogP contribution in [0.1, 0.15) is 20.8 Å². The molecule has 0 radical (unpaired) electrons. The van der Waals surface area contributed by atoms with E-state index < -0.39 is 5.60 Å². The number of carbonyl (C=O) groups excluding carboxylic acids is 1. The number of hydrogen-bond acceptors (Lipinski definition) is 4. The number of ether oxygens (including phenoxy) is 1. The Balaban J connectivity index is 2.65. The van der Waals surface area contributed by atoms with E-state index >= 15 is 0 Å². The van der Waals surface area contributed by atoms with Crippen LogP contribution < -0.4 is 0 Å². The van der Waals surface area contributed by atoms with Gasteiger partial charge in [-0.05, 0) is 44.2 Å². The molecule has 0 spiro atoms. The fourth-order valence-electron chi connectivity index (χ4n) is 1.90. The van der Waals surface area contributed by atoms with Crippen molar-refractivity contribution in [2.24, 2.45) is 11.0 Å². The first-order valence-electron chi connectivity index (χ1n) is 5.88. The summed E-state index contributed by atoms with van der Waals surface area (Å²) >= 11 is 1.69. The molecule has 1 heterocycles. The smallest absolute Gasteiger partial charge is 0.410 e. The zero-order chi connectivity index (χ0) is 13.8. The molecule has 0 aromatic carbocycles. The van der Waals surface area contributed by atoms with Gasteiger partial charge in [0.25, 0.3) is 0 Å². The topological polar surface area (TPSA) is 78.3 Å². The number of thioether (sulfide) groups is 1. The van der Waals surface area contributed by atoms with Crippen LogP contribution in [-0.2, 0) is 4.74 Å². The van der Waals surface area contributed by atoms with Crippen molar-refractivity contribution in [3.8, 4) is 0 Å². The summed E-state index contributed by atoms with van der Waals surface area (Å²) in [5.41, 5.74) is 8.04. The number of hydrogen-bond donors (Lipinski definition) is 0. The third-order valence-electron chi connectivity index (χ3n) is 2.64.